The highest BCUT2D eigenvalue weighted by Gasteiger charge is 2.31. The number of halogens is 1. The molecule has 2 aromatic rings. The zero-order valence-electron chi connectivity index (χ0n) is 20.9. The van der Waals surface area contributed by atoms with Crippen molar-refractivity contribution in [1.82, 2.24) is 10.2 Å². The number of nitrogens with one attached hydrogen (secondary N) is 1. The van der Waals surface area contributed by atoms with Gasteiger partial charge in [0.15, 0.2) is 11.5 Å². The van der Waals surface area contributed by atoms with Gasteiger partial charge >= 0.3 is 0 Å². The van der Waals surface area contributed by atoms with Gasteiger partial charge in [-0.1, -0.05) is 19.1 Å². The largest absolute Gasteiger partial charge is 0.486 e. The lowest BCUT2D eigenvalue weighted by Crippen LogP contribution is -2.52. The molecule has 36 heavy (non-hydrogen) atoms. The predicted octanol–water partition coefficient (Wildman–Crippen LogP) is 2.69. The first-order valence-electron chi connectivity index (χ1n) is 11.7. The third-order valence-corrected chi connectivity index (χ3v) is 7.07. The van der Waals surface area contributed by atoms with Crippen LogP contribution in [0.3, 0.4) is 0 Å². The molecule has 2 aromatic carbocycles. The lowest BCUT2D eigenvalue weighted by Gasteiger charge is -2.32. The third kappa shape index (κ3) is 6.87. The summed E-state index contributed by atoms with van der Waals surface area (Å²) in [7, 11) is -3.88. The summed E-state index contributed by atoms with van der Waals surface area (Å²) in [6.45, 7) is 5.51. The first-order valence-corrected chi connectivity index (χ1v) is 13.6. The van der Waals surface area contributed by atoms with Gasteiger partial charge in [-0.15, -0.1) is 0 Å². The lowest BCUT2D eigenvalue weighted by atomic mass is 10.1. The molecule has 0 unspecified atom stereocenters. The standard InChI is InChI=1S/C25H32FN3O6S/c1-5-17(2)27-25(31)18(3)28(15-19-6-8-20(26)9-7-19)24(30)16-29(36(4,32)33)21-10-11-22-23(14-21)35-13-12-34-22/h6-11,14,17-18H,5,12-13,15-16H2,1-4H3,(H,27,31)/t17-,18-/m0/s1. The van der Waals surface area contributed by atoms with E-state index in [9.17, 15) is 22.4 Å². The molecule has 0 radical (unpaired) electrons. The number of rotatable bonds is 10. The zero-order chi connectivity index (χ0) is 26.5. The molecule has 0 aliphatic carbocycles. The van der Waals surface area contributed by atoms with Gasteiger partial charge in [-0.25, -0.2) is 12.8 Å². The Labute approximate surface area is 211 Å². The van der Waals surface area contributed by atoms with Gasteiger partial charge in [0, 0.05) is 18.7 Å². The van der Waals surface area contributed by atoms with Crippen molar-refractivity contribution in [3.63, 3.8) is 0 Å². The van der Waals surface area contributed by atoms with Crippen LogP contribution in [-0.2, 0) is 26.2 Å². The smallest absolute Gasteiger partial charge is 0.244 e. The Morgan fingerprint density at radius 3 is 2.31 bits per heavy atom. The molecule has 9 nitrogen and oxygen atoms in total. The van der Waals surface area contributed by atoms with Crippen LogP contribution in [0, 0.1) is 5.82 Å². The number of fused-ring (bicyclic) bond motifs is 1. The van der Waals surface area contributed by atoms with Crippen LogP contribution in [0.2, 0.25) is 0 Å². The van der Waals surface area contributed by atoms with Crippen molar-refractivity contribution < 1.29 is 31.9 Å². The second-order valence-corrected chi connectivity index (χ2v) is 10.6. The van der Waals surface area contributed by atoms with Gasteiger partial charge in [0.05, 0.1) is 11.9 Å². The van der Waals surface area contributed by atoms with E-state index in [2.05, 4.69) is 5.32 Å². The Kier molecular flexibility index (Phi) is 8.78. The summed E-state index contributed by atoms with van der Waals surface area (Å²) < 4.78 is 50.9. The monoisotopic (exact) mass is 521 g/mol. The Hall–Kier alpha value is -3.34. The zero-order valence-corrected chi connectivity index (χ0v) is 21.7. The summed E-state index contributed by atoms with van der Waals surface area (Å²) in [6, 6.07) is 9.18. The van der Waals surface area contributed by atoms with E-state index in [1.807, 2.05) is 13.8 Å². The molecule has 0 fully saturated rings. The highest BCUT2D eigenvalue weighted by atomic mass is 32.2. The Bertz CT molecular complexity index is 1190. The molecular formula is C25H32FN3O6S. The summed E-state index contributed by atoms with van der Waals surface area (Å²) in [5.41, 5.74) is 0.826. The highest BCUT2D eigenvalue weighted by Crippen LogP contribution is 2.34. The van der Waals surface area contributed by atoms with Gasteiger partial charge in [0.2, 0.25) is 21.8 Å². The van der Waals surface area contributed by atoms with Gasteiger partial charge in [0.25, 0.3) is 0 Å². The number of amides is 2. The summed E-state index contributed by atoms with van der Waals surface area (Å²) in [5, 5.41) is 2.85. The van der Waals surface area contributed by atoms with Crippen LogP contribution in [0.25, 0.3) is 0 Å². The average molecular weight is 522 g/mol. The van der Waals surface area contributed by atoms with E-state index in [1.54, 1.807) is 13.0 Å². The van der Waals surface area contributed by atoms with Crippen molar-refractivity contribution in [1.29, 1.82) is 0 Å². The van der Waals surface area contributed by atoms with E-state index in [0.717, 1.165) is 10.6 Å². The van der Waals surface area contributed by atoms with Crippen LogP contribution in [0.1, 0.15) is 32.8 Å². The number of anilines is 1. The predicted molar refractivity (Wildman–Crippen MR) is 134 cm³/mol. The van der Waals surface area contributed by atoms with Crippen molar-refractivity contribution in [2.75, 3.05) is 30.3 Å². The van der Waals surface area contributed by atoms with E-state index < -0.39 is 34.3 Å². The molecule has 0 saturated heterocycles. The highest BCUT2D eigenvalue weighted by molar-refractivity contribution is 7.92. The van der Waals surface area contributed by atoms with Gasteiger partial charge < -0.3 is 19.7 Å². The van der Waals surface area contributed by atoms with Crippen molar-refractivity contribution in [2.45, 2.75) is 45.8 Å². The Morgan fingerprint density at radius 1 is 1.06 bits per heavy atom. The quantitative estimate of drug-likeness (QED) is 0.516. The van der Waals surface area contributed by atoms with Gasteiger partial charge in [-0.05, 0) is 50.1 Å². The molecule has 196 valence electrons. The molecule has 2 atom stereocenters. The molecule has 0 saturated carbocycles. The van der Waals surface area contributed by atoms with Crippen molar-refractivity contribution in [3.05, 3.63) is 53.8 Å². The fourth-order valence-corrected chi connectivity index (χ4v) is 4.48. The maximum Gasteiger partial charge on any atom is 0.244 e. The number of nitrogens with zero attached hydrogens (tertiary/aromatic N) is 2. The summed E-state index contributed by atoms with van der Waals surface area (Å²) >= 11 is 0. The normalized spacial score (nSPS) is 14.5. The van der Waals surface area contributed by atoms with Gasteiger partial charge in [-0.2, -0.15) is 0 Å². The fraction of sp³-hybridized carbons (Fsp3) is 0.440. The molecule has 1 aliphatic heterocycles. The van der Waals surface area contributed by atoms with Crippen LogP contribution in [0.15, 0.2) is 42.5 Å². The molecule has 2 amide bonds. The minimum Gasteiger partial charge on any atom is -0.486 e. The number of sulfonamides is 1. The Balaban J connectivity index is 1.91. The minimum atomic E-state index is -3.88. The second kappa shape index (κ2) is 11.6. The minimum absolute atomic E-state index is 0.00700. The molecule has 1 N–H and O–H groups in total. The number of hydrogen-bond donors (Lipinski definition) is 1. The van der Waals surface area contributed by atoms with Crippen LogP contribution in [0.5, 0.6) is 11.5 Å². The first-order chi connectivity index (χ1) is 17.0. The van der Waals surface area contributed by atoms with Crippen LogP contribution >= 0.6 is 0 Å². The summed E-state index contributed by atoms with van der Waals surface area (Å²) in [5.74, 6) is -0.528. The van der Waals surface area contributed by atoms with Gasteiger partial charge in [-0.3, -0.25) is 13.9 Å². The van der Waals surface area contributed by atoms with Crippen LogP contribution < -0.4 is 19.1 Å². The number of benzene rings is 2. The lowest BCUT2D eigenvalue weighted by molar-refractivity contribution is -0.139. The van der Waals surface area contributed by atoms with E-state index in [0.29, 0.717) is 36.7 Å². The van der Waals surface area contributed by atoms with E-state index in [1.165, 1.54) is 41.3 Å². The second-order valence-electron chi connectivity index (χ2n) is 8.74. The van der Waals surface area contributed by atoms with Crippen molar-refractivity contribution in [3.8, 4) is 11.5 Å². The molecule has 0 aromatic heterocycles. The van der Waals surface area contributed by atoms with Crippen LogP contribution in [0.4, 0.5) is 10.1 Å². The number of ether oxygens (including phenoxy) is 2. The van der Waals surface area contributed by atoms with E-state index >= 15 is 0 Å². The third-order valence-electron chi connectivity index (χ3n) is 5.93. The van der Waals surface area contributed by atoms with E-state index in [4.69, 9.17) is 9.47 Å². The van der Waals surface area contributed by atoms with Crippen LogP contribution in [-0.4, -0.2) is 63.2 Å². The van der Waals surface area contributed by atoms with Gasteiger partial charge in [0.1, 0.15) is 31.6 Å². The average Bonchev–Trinajstić information content (AvgIpc) is 2.85. The molecule has 0 spiro atoms. The summed E-state index contributed by atoms with van der Waals surface area (Å²) in [4.78, 5) is 27.7. The topological polar surface area (TPSA) is 105 Å². The fourth-order valence-electron chi connectivity index (χ4n) is 3.64. The maximum absolute atomic E-state index is 13.5. The molecule has 3 rings (SSSR count). The van der Waals surface area contributed by atoms with E-state index in [-0.39, 0.29) is 24.2 Å². The molecule has 1 heterocycles. The number of carbonyl (C=O) groups excluding carboxylic acids is 2. The Morgan fingerprint density at radius 2 is 1.69 bits per heavy atom. The number of carbonyl (C=O) groups is 2. The molecule has 1 aliphatic rings. The number of hydrogen-bond acceptors (Lipinski definition) is 6. The van der Waals surface area contributed by atoms with Crippen molar-refractivity contribution >= 4 is 27.5 Å². The maximum atomic E-state index is 13.5. The SMILES string of the molecule is CC[C@H](C)NC(=O)[C@H](C)N(Cc1ccc(F)cc1)C(=O)CN(c1ccc2c(c1)OCCO2)S(C)(=O)=O. The van der Waals surface area contributed by atoms with Crippen molar-refractivity contribution in [2.24, 2.45) is 0 Å². The molecule has 11 heteroatoms. The summed E-state index contributed by atoms with van der Waals surface area (Å²) in [6.07, 6.45) is 1.71. The first kappa shape index (κ1) is 27.3. The molecular weight excluding hydrogens is 489 g/mol. The molecule has 0 bridgehead atoms.